The molecular weight excluding hydrogens is 292 g/mol. The van der Waals surface area contributed by atoms with Crippen molar-refractivity contribution >= 4 is 11.6 Å². The van der Waals surface area contributed by atoms with E-state index in [-0.39, 0.29) is 11.9 Å². The number of imidazole rings is 1. The maximum atomic E-state index is 12.9. The molecule has 3 aromatic heterocycles. The monoisotopic (exact) mass is 310 g/mol. The average Bonchev–Trinajstić information content (AvgIpc) is 3.20. The van der Waals surface area contributed by atoms with Crippen LogP contribution in [0, 0.1) is 6.92 Å². The topological polar surface area (TPSA) is 68.3 Å². The van der Waals surface area contributed by atoms with E-state index in [1.54, 1.807) is 29.2 Å². The van der Waals surface area contributed by atoms with Gasteiger partial charge in [0.05, 0.1) is 12.2 Å². The van der Waals surface area contributed by atoms with E-state index in [4.69, 9.17) is 0 Å². The number of carbonyl (C=O) groups is 1. The summed E-state index contributed by atoms with van der Waals surface area (Å²) in [5, 5.41) is 4.21. The maximum absolute atomic E-state index is 12.9. The smallest absolute Gasteiger partial charge is 0.259 e. The molecule has 7 heteroatoms. The minimum Gasteiger partial charge on any atom is -0.336 e. The third-order valence-electron chi connectivity index (χ3n) is 4.45. The van der Waals surface area contributed by atoms with E-state index in [9.17, 15) is 4.79 Å². The average molecular weight is 310 g/mol. The summed E-state index contributed by atoms with van der Waals surface area (Å²) in [4.78, 5) is 23.4. The second kappa shape index (κ2) is 5.49. The van der Waals surface area contributed by atoms with Crippen molar-refractivity contribution in [2.24, 2.45) is 0 Å². The van der Waals surface area contributed by atoms with E-state index in [1.165, 1.54) is 0 Å². The van der Waals surface area contributed by atoms with Gasteiger partial charge in [-0.25, -0.2) is 14.5 Å². The predicted octanol–water partition coefficient (Wildman–Crippen LogP) is 1.71. The number of rotatable bonds is 2. The summed E-state index contributed by atoms with van der Waals surface area (Å²) in [6.45, 7) is 3.46. The molecule has 0 N–H and O–H groups in total. The van der Waals surface area contributed by atoms with Crippen LogP contribution in [0.25, 0.3) is 5.65 Å². The van der Waals surface area contributed by atoms with Crippen LogP contribution in [0.3, 0.4) is 0 Å². The molecule has 1 aliphatic heterocycles. The van der Waals surface area contributed by atoms with Gasteiger partial charge >= 0.3 is 0 Å². The standard InChI is InChI=1S/C16H18N6O/c1-12-17-6-9-21(12)13-4-2-7-20(11-13)16(23)14-10-19-22-8-3-5-18-15(14)22/h3,5-6,8-10,13H,2,4,7,11H2,1H3/t13-/m1/s1. The van der Waals surface area contributed by atoms with Crippen molar-refractivity contribution in [1.82, 2.24) is 29.0 Å². The summed E-state index contributed by atoms with van der Waals surface area (Å²) in [6.07, 6.45) is 10.9. The van der Waals surface area contributed by atoms with Gasteiger partial charge in [0.15, 0.2) is 5.65 Å². The third-order valence-corrected chi connectivity index (χ3v) is 4.45. The minimum atomic E-state index is 0.00108. The zero-order chi connectivity index (χ0) is 15.8. The van der Waals surface area contributed by atoms with E-state index in [2.05, 4.69) is 19.6 Å². The van der Waals surface area contributed by atoms with Crippen molar-refractivity contribution in [2.45, 2.75) is 25.8 Å². The second-order valence-corrected chi connectivity index (χ2v) is 5.88. The van der Waals surface area contributed by atoms with Gasteiger partial charge in [-0.05, 0) is 25.8 Å². The SMILES string of the molecule is Cc1nccn1[C@@H]1CCCN(C(=O)c2cnn3cccnc23)C1. The molecule has 0 radical (unpaired) electrons. The molecule has 0 aromatic carbocycles. The van der Waals surface area contributed by atoms with Crippen LogP contribution in [0.1, 0.15) is 35.1 Å². The summed E-state index contributed by atoms with van der Waals surface area (Å²) >= 11 is 0. The molecule has 1 saturated heterocycles. The Hall–Kier alpha value is -2.70. The first kappa shape index (κ1) is 13.9. The highest BCUT2D eigenvalue weighted by Gasteiger charge is 2.27. The third kappa shape index (κ3) is 2.38. The first-order chi connectivity index (χ1) is 11.2. The Bertz CT molecular complexity index is 851. The van der Waals surface area contributed by atoms with Crippen LogP contribution in [0.4, 0.5) is 0 Å². The number of hydrogen-bond acceptors (Lipinski definition) is 4. The van der Waals surface area contributed by atoms with E-state index < -0.39 is 0 Å². The molecule has 4 rings (SSSR count). The highest BCUT2D eigenvalue weighted by Crippen LogP contribution is 2.24. The molecule has 118 valence electrons. The second-order valence-electron chi connectivity index (χ2n) is 5.88. The Morgan fingerprint density at radius 2 is 2.17 bits per heavy atom. The van der Waals surface area contributed by atoms with Crippen LogP contribution in [0.2, 0.25) is 0 Å². The first-order valence-electron chi connectivity index (χ1n) is 7.81. The summed E-state index contributed by atoms with van der Waals surface area (Å²) in [5.74, 6) is 0.989. The fourth-order valence-electron chi connectivity index (χ4n) is 3.29. The van der Waals surface area contributed by atoms with Crippen LogP contribution in [-0.2, 0) is 0 Å². The molecule has 1 fully saturated rings. The van der Waals surface area contributed by atoms with Gasteiger partial charge in [0.25, 0.3) is 5.91 Å². The van der Waals surface area contributed by atoms with Gasteiger partial charge < -0.3 is 9.47 Å². The van der Waals surface area contributed by atoms with Gasteiger partial charge in [-0.1, -0.05) is 0 Å². The number of aryl methyl sites for hydroxylation is 1. The van der Waals surface area contributed by atoms with Crippen LogP contribution in [0.5, 0.6) is 0 Å². The molecule has 0 saturated carbocycles. The fraction of sp³-hybridized carbons (Fsp3) is 0.375. The van der Waals surface area contributed by atoms with Gasteiger partial charge in [-0.2, -0.15) is 5.10 Å². The van der Waals surface area contributed by atoms with Crippen LogP contribution >= 0.6 is 0 Å². The van der Waals surface area contributed by atoms with E-state index in [0.29, 0.717) is 17.8 Å². The Balaban J connectivity index is 1.60. The number of aromatic nitrogens is 5. The molecule has 1 atom stereocenters. The molecule has 1 aliphatic rings. The van der Waals surface area contributed by atoms with Crippen molar-refractivity contribution in [1.29, 1.82) is 0 Å². The molecule has 7 nitrogen and oxygen atoms in total. The predicted molar refractivity (Wildman–Crippen MR) is 84.1 cm³/mol. The number of piperidine rings is 1. The lowest BCUT2D eigenvalue weighted by molar-refractivity contribution is 0.0680. The summed E-state index contributed by atoms with van der Waals surface area (Å²) in [6, 6.07) is 2.08. The molecule has 0 bridgehead atoms. The van der Waals surface area contributed by atoms with E-state index in [1.807, 2.05) is 24.2 Å². The van der Waals surface area contributed by atoms with Gasteiger partial charge in [0.1, 0.15) is 11.4 Å². The van der Waals surface area contributed by atoms with Crippen molar-refractivity contribution in [2.75, 3.05) is 13.1 Å². The normalized spacial score (nSPS) is 18.5. The highest BCUT2D eigenvalue weighted by molar-refractivity contribution is 5.99. The van der Waals surface area contributed by atoms with Gasteiger partial charge in [-0.3, -0.25) is 4.79 Å². The molecular formula is C16H18N6O. The Morgan fingerprint density at radius 3 is 3.00 bits per heavy atom. The molecule has 0 spiro atoms. The number of amides is 1. The van der Waals surface area contributed by atoms with Gasteiger partial charge in [0, 0.05) is 37.9 Å². The Labute approximate surface area is 133 Å². The molecule has 0 unspecified atom stereocenters. The Kier molecular flexibility index (Phi) is 3.33. The summed E-state index contributed by atoms with van der Waals surface area (Å²) < 4.78 is 3.79. The molecule has 3 aromatic rings. The summed E-state index contributed by atoms with van der Waals surface area (Å²) in [5.41, 5.74) is 1.17. The van der Waals surface area contributed by atoms with Crippen molar-refractivity contribution in [3.63, 3.8) is 0 Å². The number of likely N-dealkylation sites (tertiary alicyclic amines) is 1. The van der Waals surface area contributed by atoms with Gasteiger partial charge in [0.2, 0.25) is 0 Å². The molecule has 0 aliphatic carbocycles. The van der Waals surface area contributed by atoms with Crippen molar-refractivity contribution in [3.8, 4) is 0 Å². The van der Waals surface area contributed by atoms with Crippen LogP contribution < -0.4 is 0 Å². The first-order valence-corrected chi connectivity index (χ1v) is 7.81. The lowest BCUT2D eigenvalue weighted by atomic mass is 10.0. The summed E-state index contributed by atoms with van der Waals surface area (Å²) in [7, 11) is 0. The van der Waals surface area contributed by atoms with E-state index in [0.717, 1.165) is 25.2 Å². The molecule has 4 heterocycles. The highest BCUT2D eigenvalue weighted by atomic mass is 16.2. The fourth-order valence-corrected chi connectivity index (χ4v) is 3.29. The zero-order valence-electron chi connectivity index (χ0n) is 13.0. The lowest BCUT2D eigenvalue weighted by Gasteiger charge is -2.33. The zero-order valence-corrected chi connectivity index (χ0v) is 13.0. The molecule has 23 heavy (non-hydrogen) atoms. The largest absolute Gasteiger partial charge is 0.336 e. The van der Waals surface area contributed by atoms with Crippen LogP contribution in [0.15, 0.2) is 37.1 Å². The van der Waals surface area contributed by atoms with Crippen molar-refractivity contribution in [3.05, 3.63) is 48.4 Å². The Morgan fingerprint density at radius 1 is 1.26 bits per heavy atom. The van der Waals surface area contributed by atoms with Crippen LogP contribution in [-0.4, -0.2) is 48.0 Å². The minimum absolute atomic E-state index is 0.00108. The van der Waals surface area contributed by atoms with Crippen molar-refractivity contribution < 1.29 is 4.79 Å². The lowest BCUT2D eigenvalue weighted by Crippen LogP contribution is -2.40. The number of hydrogen-bond donors (Lipinski definition) is 0. The molecule has 1 amide bonds. The van der Waals surface area contributed by atoms with Gasteiger partial charge in [-0.15, -0.1) is 0 Å². The van der Waals surface area contributed by atoms with E-state index >= 15 is 0 Å². The number of fused-ring (bicyclic) bond motifs is 1. The maximum Gasteiger partial charge on any atom is 0.259 e. The number of nitrogens with zero attached hydrogens (tertiary/aromatic N) is 6. The quantitative estimate of drug-likeness (QED) is 0.722. The number of carbonyl (C=O) groups excluding carboxylic acids is 1.